The Hall–Kier alpha value is -1.40. The zero-order valence-corrected chi connectivity index (χ0v) is 16.5. The van der Waals surface area contributed by atoms with Crippen molar-refractivity contribution in [1.82, 2.24) is 9.21 Å². The third kappa shape index (κ3) is 2.97. The molecular weight excluding hydrogens is 348 g/mol. The summed E-state index contributed by atoms with van der Waals surface area (Å²) in [6.07, 6.45) is 4.87. The van der Waals surface area contributed by atoms with Crippen molar-refractivity contribution in [2.75, 3.05) is 27.2 Å². The van der Waals surface area contributed by atoms with E-state index in [0.29, 0.717) is 19.5 Å². The molecule has 0 unspecified atom stereocenters. The molecule has 1 aromatic rings. The van der Waals surface area contributed by atoms with E-state index < -0.39 is 10.0 Å². The van der Waals surface area contributed by atoms with Crippen molar-refractivity contribution >= 4 is 15.9 Å². The van der Waals surface area contributed by atoms with Gasteiger partial charge in [-0.15, -0.1) is 0 Å². The SMILES string of the molecule is CN(C)C(=O)C[C@@H]1CC2(CCN(S(=O)(=O)C3CC3)CC2)c2ccccc21. The van der Waals surface area contributed by atoms with Crippen LogP contribution in [0, 0.1) is 0 Å². The molecule has 6 heteroatoms. The zero-order valence-electron chi connectivity index (χ0n) is 15.6. The van der Waals surface area contributed by atoms with Crippen molar-refractivity contribution in [3.8, 4) is 0 Å². The Morgan fingerprint density at radius 2 is 1.85 bits per heavy atom. The Labute approximate surface area is 156 Å². The van der Waals surface area contributed by atoms with Gasteiger partial charge in [-0.3, -0.25) is 4.79 Å². The van der Waals surface area contributed by atoms with Gasteiger partial charge >= 0.3 is 0 Å². The number of carbonyl (C=O) groups is 1. The van der Waals surface area contributed by atoms with Crippen LogP contribution in [0.2, 0.25) is 0 Å². The van der Waals surface area contributed by atoms with Crippen molar-refractivity contribution in [3.05, 3.63) is 35.4 Å². The molecular formula is C20H28N2O3S. The van der Waals surface area contributed by atoms with Crippen molar-refractivity contribution in [2.45, 2.75) is 55.1 Å². The quantitative estimate of drug-likeness (QED) is 0.811. The van der Waals surface area contributed by atoms with Gasteiger partial charge in [0.2, 0.25) is 15.9 Å². The van der Waals surface area contributed by atoms with Gasteiger partial charge in [0.05, 0.1) is 5.25 Å². The molecule has 1 aliphatic heterocycles. The number of carbonyl (C=O) groups excluding carboxylic acids is 1. The van der Waals surface area contributed by atoms with Gasteiger partial charge in [-0.2, -0.15) is 0 Å². The third-order valence-corrected chi connectivity index (χ3v) is 8.91. The highest BCUT2D eigenvalue weighted by atomic mass is 32.2. The number of amides is 1. The molecule has 1 spiro atoms. The Morgan fingerprint density at radius 1 is 1.19 bits per heavy atom. The van der Waals surface area contributed by atoms with Gasteiger partial charge in [-0.05, 0) is 54.6 Å². The summed E-state index contributed by atoms with van der Waals surface area (Å²) in [5.41, 5.74) is 2.67. The maximum absolute atomic E-state index is 12.6. The van der Waals surface area contributed by atoms with E-state index in [2.05, 4.69) is 24.3 Å². The molecule has 1 heterocycles. The summed E-state index contributed by atoms with van der Waals surface area (Å²) in [4.78, 5) is 13.9. The highest BCUT2D eigenvalue weighted by Gasteiger charge is 2.49. The number of sulfonamides is 1. The zero-order chi connectivity index (χ0) is 18.5. The predicted octanol–water partition coefficient (Wildman–Crippen LogP) is 2.48. The number of rotatable bonds is 4. The molecule has 0 bridgehead atoms. The third-order valence-electron chi connectivity index (χ3n) is 6.51. The average Bonchev–Trinajstić information content (AvgIpc) is 3.43. The van der Waals surface area contributed by atoms with Gasteiger partial charge in [0, 0.05) is 33.6 Å². The second-order valence-corrected chi connectivity index (χ2v) is 10.6. The molecule has 2 aliphatic carbocycles. The Bertz CT molecular complexity index is 806. The van der Waals surface area contributed by atoms with E-state index in [1.165, 1.54) is 11.1 Å². The van der Waals surface area contributed by atoms with E-state index in [4.69, 9.17) is 0 Å². The first-order chi connectivity index (χ1) is 12.3. The Balaban J connectivity index is 1.55. The van der Waals surface area contributed by atoms with E-state index in [1.54, 1.807) is 23.3 Å². The van der Waals surface area contributed by atoms with Crippen LogP contribution in [0.4, 0.5) is 0 Å². The molecule has 1 atom stereocenters. The Kier molecular flexibility index (Phi) is 4.39. The van der Waals surface area contributed by atoms with Crippen LogP contribution in [0.3, 0.4) is 0 Å². The Morgan fingerprint density at radius 3 is 2.46 bits per heavy atom. The van der Waals surface area contributed by atoms with Crippen LogP contribution in [0.25, 0.3) is 0 Å². The summed E-state index contributed by atoms with van der Waals surface area (Å²) < 4.78 is 26.8. The summed E-state index contributed by atoms with van der Waals surface area (Å²) in [6, 6.07) is 8.48. The van der Waals surface area contributed by atoms with Gasteiger partial charge in [0.15, 0.2) is 0 Å². The first-order valence-electron chi connectivity index (χ1n) is 9.62. The van der Waals surface area contributed by atoms with Crippen molar-refractivity contribution in [3.63, 3.8) is 0 Å². The van der Waals surface area contributed by atoms with E-state index in [1.807, 2.05) is 0 Å². The summed E-state index contributed by atoms with van der Waals surface area (Å²) in [7, 11) is 0.528. The minimum absolute atomic E-state index is 0.0312. The first kappa shape index (κ1) is 18.0. The molecule has 0 aromatic heterocycles. The van der Waals surface area contributed by atoms with E-state index in [-0.39, 0.29) is 22.5 Å². The lowest BCUT2D eigenvalue weighted by atomic mass is 9.73. The fourth-order valence-electron chi connectivity index (χ4n) is 4.82. The van der Waals surface area contributed by atoms with E-state index >= 15 is 0 Å². The standard InChI is InChI=1S/C20H28N2O3S/c1-21(2)19(23)13-15-14-20(18-6-4-3-5-17(15)18)9-11-22(12-10-20)26(24,25)16-7-8-16/h3-6,15-16H,7-14H2,1-2H3/t15-/m1/s1. The minimum atomic E-state index is -3.08. The van der Waals surface area contributed by atoms with Crippen molar-refractivity contribution < 1.29 is 13.2 Å². The van der Waals surface area contributed by atoms with E-state index in [9.17, 15) is 13.2 Å². The lowest BCUT2D eigenvalue weighted by molar-refractivity contribution is -0.129. The number of fused-ring (bicyclic) bond motifs is 2. The molecule has 5 nitrogen and oxygen atoms in total. The summed E-state index contributed by atoms with van der Waals surface area (Å²) >= 11 is 0. The molecule has 3 aliphatic rings. The van der Waals surface area contributed by atoms with Crippen molar-refractivity contribution in [2.24, 2.45) is 0 Å². The second-order valence-electron chi connectivity index (χ2n) is 8.40. The van der Waals surface area contributed by atoms with E-state index in [0.717, 1.165) is 32.1 Å². The van der Waals surface area contributed by atoms with Crippen LogP contribution in [-0.2, 0) is 20.2 Å². The van der Waals surface area contributed by atoms with Gasteiger partial charge in [-0.1, -0.05) is 24.3 Å². The topological polar surface area (TPSA) is 57.7 Å². The molecule has 142 valence electrons. The lowest BCUT2D eigenvalue weighted by Crippen LogP contribution is -2.45. The molecule has 2 fully saturated rings. The summed E-state index contributed by atoms with van der Waals surface area (Å²) in [6.45, 7) is 1.23. The van der Waals surface area contributed by atoms with Crippen LogP contribution in [0.1, 0.15) is 55.6 Å². The largest absolute Gasteiger partial charge is 0.349 e. The van der Waals surface area contributed by atoms with Gasteiger partial charge in [0.25, 0.3) is 0 Å². The molecule has 0 radical (unpaired) electrons. The number of hydrogen-bond donors (Lipinski definition) is 0. The number of piperidine rings is 1. The maximum Gasteiger partial charge on any atom is 0.222 e. The highest BCUT2D eigenvalue weighted by molar-refractivity contribution is 7.90. The van der Waals surface area contributed by atoms with Crippen LogP contribution < -0.4 is 0 Å². The molecule has 26 heavy (non-hydrogen) atoms. The average molecular weight is 377 g/mol. The smallest absolute Gasteiger partial charge is 0.222 e. The first-order valence-corrected chi connectivity index (χ1v) is 11.1. The maximum atomic E-state index is 12.6. The normalized spacial score (nSPS) is 25.2. The minimum Gasteiger partial charge on any atom is -0.349 e. The fourth-order valence-corrected chi connectivity index (χ4v) is 6.67. The van der Waals surface area contributed by atoms with Crippen LogP contribution >= 0.6 is 0 Å². The van der Waals surface area contributed by atoms with Gasteiger partial charge < -0.3 is 4.90 Å². The van der Waals surface area contributed by atoms with Crippen LogP contribution in [0.5, 0.6) is 0 Å². The van der Waals surface area contributed by atoms with Gasteiger partial charge in [0.1, 0.15) is 0 Å². The summed E-state index contributed by atoms with van der Waals surface area (Å²) in [5.74, 6) is 0.406. The van der Waals surface area contributed by atoms with Crippen molar-refractivity contribution in [1.29, 1.82) is 0 Å². The predicted molar refractivity (Wildman–Crippen MR) is 102 cm³/mol. The molecule has 4 rings (SSSR count). The number of nitrogens with zero attached hydrogens (tertiary/aromatic N) is 2. The monoisotopic (exact) mass is 376 g/mol. The molecule has 0 N–H and O–H groups in total. The van der Waals surface area contributed by atoms with Crippen LogP contribution in [-0.4, -0.2) is 56.0 Å². The molecule has 1 amide bonds. The number of benzene rings is 1. The highest BCUT2D eigenvalue weighted by Crippen LogP contribution is 2.53. The summed E-state index contributed by atoms with van der Waals surface area (Å²) in [5, 5.41) is -0.127. The molecule has 1 saturated heterocycles. The second kappa shape index (κ2) is 6.34. The molecule has 1 saturated carbocycles. The van der Waals surface area contributed by atoms with Crippen LogP contribution in [0.15, 0.2) is 24.3 Å². The van der Waals surface area contributed by atoms with Gasteiger partial charge in [-0.25, -0.2) is 12.7 Å². The lowest BCUT2D eigenvalue weighted by Gasteiger charge is -2.40. The number of hydrogen-bond acceptors (Lipinski definition) is 3. The molecule has 1 aromatic carbocycles. The fraction of sp³-hybridized carbons (Fsp3) is 0.650.